The van der Waals surface area contributed by atoms with Crippen LogP contribution in [0.25, 0.3) is 0 Å². The number of phenols is 1. The van der Waals surface area contributed by atoms with Gasteiger partial charge in [-0.25, -0.2) is 0 Å². The Labute approximate surface area is 110 Å². The van der Waals surface area contributed by atoms with Crippen molar-refractivity contribution in [3.8, 4) is 5.75 Å². The molecular formula is C11H15Cl2NO3. The van der Waals surface area contributed by atoms with Gasteiger partial charge in [-0.15, -0.1) is 0 Å². The highest BCUT2D eigenvalue weighted by molar-refractivity contribution is 6.37. The van der Waals surface area contributed by atoms with Gasteiger partial charge in [0.2, 0.25) is 0 Å². The molecule has 6 heteroatoms. The maximum atomic E-state index is 9.43. The van der Waals surface area contributed by atoms with Gasteiger partial charge < -0.3 is 19.9 Å². The topological polar surface area (TPSA) is 50.7 Å². The van der Waals surface area contributed by atoms with Gasteiger partial charge in [0.25, 0.3) is 0 Å². The molecule has 1 aromatic carbocycles. The van der Waals surface area contributed by atoms with Crippen LogP contribution < -0.4 is 5.32 Å². The standard InChI is InChI=1S/C11H15Cl2NO3/c1-6(11(16-2)17-3)14-7-4-8(12)10(15)9(13)5-7/h4-6,11,14-15H,1-3H3. The minimum Gasteiger partial charge on any atom is -0.505 e. The molecule has 0 aliphatic rings. The molecule has 0 amide bonds. The zero-order chi connectivity index (χ0) is 13.0. The maximum Gasteiger partial charge on any atom is 0.176 e. The van der Waals surface area contributed by atoms with Crippen molar-refractivity contribution in [3.05, 3.63) is 22.2 Å². The van der Waals surface area contributed by atoms with Crippen molar-refractivity contribution < 1.29 is 14.6 Å². The van der Waals surface area contributed by atoms with Crippen LogP contribution in [-0.4, -0.2) is 31.7 Å². The first-order valence-corrected chi connectivity index (χ1v) is 5.75. The molecule has 1 rings (SSSR count). The summed E-state index contributed by atoms with van der Waals surface area (Å²) < 4.78 is 10.2. The molecule has 0 bridgehead atoms. The van der Waals surface area contributed by atoms with Gasteiger partial charge in [0.1, 0.15) is 0 Å². The first kappa shape index (κ1) is 14.4. The number of hydrogen-bond donors (Lipinski definition) is 2. The molecule has 0 radical (unpaired) electrons. The fraction of sp³-hybridized carbons (Fsp3) is 0.455. The summed E-state index contributed by atoms with van der Waals surface area (Å²) in [7, 11) is 3.12. The Morgan fingerprint density at radius 3 is 2.06 bits per heavy atom. The average molecular weight is 280 g/mol. The van der Waals surface area contributed by atoms with E-state index in [1.165, 1.54) is 0 Å². The highest BCUT2D eigenvalue weighted by Gasteiger charge is 2.16. The zero-order valence-electron chi connectivity index (χ0n) is 9.83. The number of phenolic OH excluding ortho intramolecular Hbond substituents is 1. The SMILES string of the molecule is COC(OC)C(C)Nc1cc(Cl)c(O)c(Cl)c1. The van der Waals surface area contributed by atoms with E-state index in [0.29, 0.717) is 5.69 Å². The summed E-state index contributed by atoms with van der Waals surface area (Å²) in [6, 6.07) is 3.07. The minimum atomic E-state index is -0.388. The van der Waals surface area contributed by atoms with E-state index in [9.17, 15) is 5.11 Å². The van der Waals surface area contributed by atoms with Crippen molar-refractivity contribution in [1.29, 1.82) is 0 Å². The van der Waals surface area contributed by atoms with E-state index in [-0.39, 0.29) is 28.1 Å². The lowest BCUT2D eigenvalue weighted by atomic mass is 10.2. The summed E-state index contributed by atoms with van der Waals surface area (Å²) in [4.78, 5) is 0. The number of benzene rings is 1. The van der Waals surface area contributed by atoms with Gasteiger partial charge in [0.05, 0.1) is 16.1 Å². The summed E-state index contributed by atoms with van der Waals surface area (Å²) in [5.41, 5.74) is 0.685. The molecule has 2 N–H and O–H groups in total. The minimum absolute atomic E-state index is 0.0957. The van der Waals surface area contributed by atoms with Crippen molar-refractivity contribution in [3.63, 3.8) is 0 Å². The van der Waals surface area contributed by atoms with Crippen LogP contribution in [0.2, 0.25) is 10.0 Å². The van der Waals surface area contributed by atoms with Crippen LogP contribution in [0.15, 0.2) is 12.1 Å². The van der Waals surface area contributed by atoms with Gasteiger partial charge >= 0.3 is 0 Å². The summed E-state index contributed by atoms with van der Waals surface area (Å²) >= 11 is 11.6. The Bertz CT molecular complexity index is 360. The number of rotatable bonds is 5. The van der Waals surface area contributed by atoms with Gasteiger partial charge in [0, 0.05) is 19.9 Å². The third kappa shape index (κ3) is 3.64. The van der Waals surface area contributed by atoms with Gasteiger partial charge in [-0.05, 0) is 19.1 Å². The van der Waals surface area contributed by atoms with Crippen molar-refractivity contribution >= 4 is 28.9 Å². The Morgan fingerprint density at radius 2 is 1.65 bits per heavy atom. The summed E-state index contributed by atoms with van der Waals surface area (Å²) in [6.45, 7) is 1.90. The second kappa shape index (κ2) is 6.31. The molecule has 0 heterocycles. The first-order valence-electron chi connectivity index (χ1n) is 4.99. The summed E-state index contributed by atoms with van der Waals surface area (Å²) in [5.74, 6) is -0.124. The predicted molar refractivity (Wildman–Crippen MR) is 69.0 cm³/mol. The Kier molecular flexibility index (Phi) is 5.33. The lowest BCUT2D eigenvalue weighted by Crippen LogP contribution is -2.33. The number of hydrogen-bond acceptors (Lipinski definition) is 4. The molecule has 0 aromatic heterocycles. The molecule has 1 atom stereocenters. The van der Waals surface area contributed by atoms with Crippen LogP contribution in [0.3, 0.4) is 0 Å². The van der Waals surface area contributed by atoms with Gasteiger partial charge in [-0.3, -0.25) is 0 Å². The van der Waals surface area contributed by atoms with E-state index in [1.54, 1.807) is 26.4 Å². The molecule has 0 saturated carbocycles. The third-order valence-corrected chi connectivity index (χ3v) is 2.86. The summed E-state index contributed by atoms with van der Waals surface area (Å²) in [6.07, 6.45) is -0.388. The molecule has 17 heavy (non-hydrogen) atoms. The van der Waals surface area contributed by atoms with Crippen LogP contribution in [-0.2, 0) is 9.47 Å². The van der Waals surface area contributed by atoms with Crippen LogP contribution >= 0.6 is 23.2 Å². The second-order valence-corrected chi connectivity index (χ2v) is 4.38. The van der Waals surface area contributed by atoms with Crippen LogP contribution in [0.5, 0.6) is 5.75 Å². The van der Waals surface area contributed by atoms with E-state index in [2.05, 4.69) is 5.32 Å². The first-order chi connectivity index (χ1) is 7.99. The number of aromatic hydroxyl groups is 1. The molecule has 96 valence electrons. The van der Waals surface area contributed by atoms with Crippen LogP contribution in [0.4, 0.5) is 5.69 Å². The number of ether oxygens (including phenoxy) is 2. The number of halogens is 2. The number of methoxy groups -OCH3 is 2. The number of anilines is 1. The molecule has 1 aromatic rings. The molecule has 0 spiro atoms. The normalized spacial score (nSPS) is 12.8. The van der Waals surface area contributed by atoms with E-state index in [1.807, 2.05) is 6.92 Å². The smallest absolute Gasteiger partial charge is 0.176 e. The van der Waals surface area contributed by atoms with Crippen molar-refractivity contribution in [1.82, 2.24) is 0 Å². The fourth-order valence-corrected chi connectivity index (χ4v) is 1.97. The third-order valence-electron chi connectivity index (χ3n) is 2.28. The molecule has 0 aliphatic carbocycles. The fourth-order valence-electron chi connectivity index (χ4n) is 1.48. The van der Waals surface area contributed by atoms with Gasteiger partial charge in [-0.2, -0.15) is 0 Å². The van der Waals surface area contributed by atoms with Crippen molar-refractivity contribution in [2.75, 3.05) is 19.5 Å². The number of nitrogens with one attached hydrogen (secondary N) is 1. The quantitative estimate of drug-likeness (QED) is 0.642. The Balaban J connectivity index is 2.81. The Hall–Kier alpha value is -0.680. The molecule has 0 aliphatic heterocycles. The maximum absolute atomic E-state index is 9.43. The molecular weight excluding hydrogens is 265 g/mol. The van der Waals surface area contributed by atoms with Gasteiger partial charge in [0.15, 0.2) is 12.0 Å². The highest BCUT2D eigenvalue weighted by Crippen LogP contribution is 2.34. The van der Waals surface area contributed by atoms with E-state index in [4.69, 9.17) is 32.7 Å². The largest absolute Gasteiger partial charge is 0.505 e. The van der Waals surface area contributed by atoms with Crippen molar-refractivity contribution in [2.45, 2.75) is 19.3 Å². The Morgan fingerprint density at radius 1 is 1.18 bits per heavy atom. The second-order valence-electron chi connectivity index (χ2n) is 3.56. The molecule has 4 nitrogen and oxygen atoms in total. The lowest BCUT2D eigenvalue weighted by Gasteiger charge is -2.23. The monoisotopic (exact) mass is 279 g/mol. The lowest BCUT2D eigenvalue weighted by molar-refractivity contribution is -0.109. The zero-order valence-corrected chi connectivity index (χ0v) is 11.3. The summed E-state index contributed by atoms with van der Waals surface area (Å²) in [5, 5.41) is 12.9. The molecule has 0 fully saturated rings. The van der Waals surface area contributed by atoms with E-state index < -0.39 is 0 Å². The van der Waals surface area contributed by atoms with E-state index >= 15 is 0 Å². The highest BCUT2D eigenvalue weighted by atomic mass is 35.5. The average Bonchev–Trinajstić information content (AvgIpc) is 2.27. The van der Waals surface area contributed by atoms with Crippen LogP contribution in [0.1, 0.15) is 6.92 Å². The van der Waals surface area contributed by atoms with Gasteiger partial charge in [-0.1, -0.05) is 23.2 Å². The molecule has 1 unspecified atom stereocenters. The van der Waals surface area contributed by atoms with E-state index in [0.717, 1.165) is 0 Å². The van der Waals surface area contributed by atoms with Crippen molar-refractivity contribution in [2.24, 2.45) is 0 Å². The van der Waals surface area contributed by atoms with Crippen LogP contribution in [0, 0.1) is 0 Å². The predicted octanol–water partition coefficient (Wildman–Crippen LogP) is 3.12. The molecule has 0 saturated heterocycles.